The molecule has 0 aliphatic carbocycles. The number of benzene rings is 2. The predicted octanol–water partition coefficient (Wildman–Crippen LogP) is 2.44. The predicted molar refractivity (Wildman–Crippen MR) is 83.8 cm³/mol. The largest absolute Gasteiger partial charge is 0.312 e. The van der Waals surface area contributed by atoms with Gasteiger partial charge in [-0.05, 0) is 54.8 Å². The van der Waals surface area contributed by atoms with Gasteiger partial charge in [0.05, 0.1) is 10.6 Å². The van der Waals surface area contributed by atoms with Crippen LogP contribution in [0.4, 0.5) is 5.69 Å². The van der Waals surface area contributed by atoms with Gasteiger partial charge >= 0.3 is 0 Å². The Morgan fingerprint density at radius 2 is 1.95 bits per heavy atom. The fraction of sp³-hybridized carbons (Fsp3) is 0.250. The molecule has 110 valence electrons. The summed E-state index contributed by atoms with van der Waals surface area (Å²) in [5.41, 5.74) is 3.84. The molecule has 0 fully saturated rings. The van der Waals surface area contributed by atoms with Crippen molar-refractivity contribution in [1.82, 2.24) is 5.32 Å². The van der Waals surface area contributed by atoms with Gasteiger partial charge < -0.3 is 5.32 Å². The third kappa shape index (κ3) is 2.94. The SMILES string of the molecule is Cc1cccc(S(=O)(=O)Nc2cccc3c2CNCC3)c1. The molecule has 0 amide bonds. The molecule has 1 aliphatic rings. The van der Waals surface area contributed by atoms with Crippen molar-refractivity contribution in [3.05, 3.63) is 59.2 Å². The van der Waals surface area contributed by atoms with E-state index in [9.17, 15) is 8.42 Å². The second kappa shape index (κ2) is 5.50. The van der Waals surface area contributed by atoms with Gasteiger partial charge in [0.15, 0.2) is 0 Å². The second-order valence-electron chi connectivity index (χ2n) is 5.29. The number of anilines is 1. The fourth-order valence-electron chi connectivity index (χ4n) is 2.60. The average molecular weight is 302 g/mol. The van der Waals surface area contributed by atoms with Crippen LogP contribution in [0, 0.1) is 6.92 Å². The summed E-state index contributed by atoms with van der Waals surface area (Å²) < 4.78 is 27.7. The Morgan fingerprint density at radius 3 is 2.76 bits per heavy atom. The van der Waals surface area contributed by atoms with E-state index in [1.165, 1.54) is 5.56 Å². The van der Waals surface area contributed by atoms with Crippen LogP contribution in [0.3, 0.4) is 0 Å². The lowest BCUT2D eigenvalue weighted by Crippen LogP contribution is -2.25. The molecule has 21 heavy (non-hydrogen) atoms. The van der Waals surface area contributed by atoms with Crippen molar-refractivity contribution in [1.29, 1.82) is 0 Å². The molecule has 0 bridgehead atoms. The van der Waals surface area contributed by atoms with Gasteiger partial charge in [-0.15, -0.1) is 0 Å². The maximum Gasteiger partial charge on any atom is 0.261 e. The Labute approximate surface area is 125 Å². The Bertz CT molecular complexity index is 770. The van der Waals surface area contributed by atoms with E-state index >= 15 is 0 Å². The molecule has 1 heterocycles. The van der Waals surface area contributed by atoms with Gasteiger partial charge in [0.2, 0.25) is 0 Å². The molecule has 0 radical (unpaired) electrons. The second-order valence-corrected chi connectivity index (χ2v) is 6.97. The van der Waals surface area contributed by atoms with E-state index < -0.39 is 10.0 Å². The first kappa shape index (κ1) is 14.1. The zero-order valence-electron chi connectivity index (χ0n) is 11.9. The Hall–Kier alpha value is -1.85. The van der Waals surface area contributed by atoms with Crippen molar-refractivity contribution in [2.75, 3.05) is 11.3 Å². The van der Waals surface area contributed by atoms with Gasteiger partial charge in [0, 0.05) is 6.54 Å². The van der Waals surface area contributed by atoms with Crippen LogP contribution in [0.25, 0.3) is 0 Å². The van der Waals surface area contributed by atoms with Crippen molar-refractivity contribution in [3.63, 3.8) is 0 Å². The Balaban J connectivity index is 1.96. The molecule has 0 aromatic heterocycles. The van der Waals surface area contributed by atoms with Gasteiger partial charge in [0.1, 0.15) is 0 Å². The van der Waals surface area contributed by atoms with E-state index in [0.29, 0.717) is 17.1 Å². The molecular weight excluding hydrogens is 284 g/mol. The van der Waals surface area contributed by atoms with Crippen LogP contribution in [-0.2, 0) is 23.0 Å². The van der Waals surface area contributed by atoms with E-state index in [4.69, 9.17) is 0 Å². The first-order chi connectivity index (χ1) is 10.1. The van der Waals surface area contributed by atoms with Gasteiger partial charge in [-0.3, -0.25) is 4.72 Å². The highest BCUT2D eigenvalue weighted by molar-refractivity contribution is 7.92. The molecule has 2 aromatic rings. The monoisotopic (exact) mass is 302 g/mol. The molecule has 2 aromatic carbocycles. The van der Waals surface area contributed by atoms with Gasteiger partial charge in [-0.25, -0.2) is 8.42 Å². The quantitative estimate of drug-likeness (QED) is 0.915. The van der Waals surface area contributed by atoms with E-state index in [1.54, 1.807) is 18.2 Å². The molecule has 5 heteroatoms. The number of fused-ring (bicyclic) bond motifs is 1. The third-order valence-electron chi connectivity index (χ3n) is 3.69. The van der Waals surface area contributed by atoms with E-state index in [2.05, 4.69) is 16.1 Å². The maximum atomic E-state index is 12.5. The smallest absolute Gasteiger partial charge is 0.261 e. The molecule has 4 nitrogen and oxygen atoms in total. The zero-order valence-corrected chi connectivity index (χ0v) is 12.7. The van der Waals surface area contributed by atoms with E-state index in [-0.39, 0.29) is 0 Å². The number of hydrogen-bond acceptors (Lipinski definition) is 3. The van der Waals surface area contributed by atoms with E-state index in [1.807, 2.05) is 25.1 Å². The lowest BCUT2D eigenvalue weighted by atomic mass is 10.00. The fourth-order valence-corrected chi connectivity index (χ4v) is 3.79. The first-order valence-corrected chi connectivity index (χ1v) is 8.45. The maximum absolute atomic E-state index is 12.5. The average Bonchev–Trinajstić information content (AvgIpc) is 2.47. The molecule has 2 N–H and O–H groups in total. The summed E-state index contributed by atoms with van der Waals surface area (Å²) in [6.07, 6.45) is 0.926. The number of sulfonamides is 1. The van der Waals surface area contributed by atoms with Crippen LogP contribution in [0.15, 0.2) is 47.4 Å². The third-order valence-corrected chi connectivity index (χ3v) is 5.05. The summed E-state index contributed by atoms with van der Waals surface area (Å²) in [5, 5.41) is 3.28. The van der Waals surface area contributed by atoms with Crippen LogP contribution in [0.1, 0.15) is 16.7 Å². The highest BCUT2D eigenvalue weighted by Crippen LogP contribution is 2.25. The van der Waals surface area contributed by atoms with Crippen molar-refractivity contribution < 1.29 is 8.42 Å². The van der Waals surface area contributed by atoms with Gasteiger partial charge in [-0.2, -0.15) is 0 Å². The van der Waals surface area contributed by atoms with E-state index in [0.717, 1.165) is 24.1 Å². The highest BCUT2D eigenvalue weighted by Gasteiger charge is 2.18. The summed E-state index contributed by atoms with van der Waals surface area (Å²) in [7, 11) is -3.55. The molecule has 0 spiro atoms. The Morgan fingerprint density at radius 1 is 1.14 bits per heavy atom. The Kier molecular flexibility index (Phi) is 3.69. The minimum absolute atomic E-state index is 0.295. The number of rotatable bonds is 3. The molecule has 0 saturated heterocycles. The zero-order chi connectivity index (χ0) is 14.9. The molecular formula is C16H18N2O2S. The number of hydrogen-bond donors (Lipinski definition) is 2. The van der Waals surface area contributed by atoms with Crippen molar-refractivity contribution in [2.45, 2.75) is 24.8 Å². The van der Waals surface area contributed by atoms with Gasteiger partial charge in [0.25, 0.3) is 10.0 Å². The summed E-state index contributed by atoms with van der Waals surface area (Å²) >= 11 is 0. The first-order valence-electron chi connectivity index (χ1n) is 6.97. The number of nitrogens with one attached hydrogen (secondary N) is 2. The standard InChI is InChI=1S/C16H18N2O2S/c1-12-4-2-6-14(10-12)21(19,20)18-16-7-3-5-13-8-9-17-11-15(13)16/h2-7,10,17-18H,8-9,11H2,1H3. The van der Waals surface area contributed by atoms with Crippen LogP contribution in [0.2, 0.25) is 0 Å². The molecule has 0 atom stereocenters. The molecule has 0 unspecified atom stereocenters. The van der Waals surface area contributed by atoms with Crippen LogP contribution < -0.4 is 10.0 Å². The van der Waals surface area contributed by atoms with Crippen molar-refractivity contribution in [3.8, 4) is 0 Å². The van der Waals surface area contributed by atoms with Crippen molar-refractivity contribution >= 4 is 15.7 Å². The minimum atomic E-state index is -3.55. The topological polar surface area (TPSA) is 58.2 Å². The lowest BCUT2D eigenvalue weighted by Gasteiger charge is -2.21. The minimum Gasteiger partial charge on any atom is -0.312 e. The van der Waals surface area contributed by atoms with Crippen LogP contribution >= 0.6 is 0 Å². The summed E-state index contributed by atoms with van der Waals surface area (Å²) in [6.45, 7) is 3.51. The summed E-state index contributed by atoms with van der Waals surface area (Å²) in [4.78, 5) is 0.295. The summed E-state index contributed by atoms with van der Waals surface area (Å²) in [5.74, 6) is 0. The van der Waals surface area contributed by atoms with Crippen LogP contribution in [0.5, 0.6) is 0 Å². The lowest BCUT2D eigenvalue weighted by molar-refractivity contribution is 0.600. The molecule has 3 rings (SSSR count). The van der Waals surface area contributed by atoms with Crippen LogP contribution in [-0.4, -0.2) is 15.0 Å². The summed E-state index contributed by atoms with van der Waals surface area (Å²) in [6, 6.07) is 12.7. The van der Waals surface area contributed by atoms with Crippen molar-refractivity contribution in [2.24, 2.45) is 0 Å². The van der Waals surface area contributed by atoms with Gasteiger partial charge in [-0.1, -0.05) is 24.3 Å². The highest BCUT2D eigenvalue weighted by atomic mass is 32.2. The number of aryl methyl sites for hydroxylation is 1. The molecule has 1 aliphatic heterocycles. The molecule has 0 saturated carbocycles. The normalized spacial score (nSPS) is 14.5.